The Morgan fingerprint density at radius 1 is 1.32 bits per heavy atom. The van der Waals surface area contributed by atoms with Gasteiger partial charge in [-0.05, 0) is 37.0 Å². The van der Waals surface area contributed by atoms with Crippen molar-refractivity contribution in [1.29, 1.82) is 0 Å². The molecule has 1 atom stereocenters. The monoisotopic (exact) mass is 384 g/mol. The fourth-order valence-corrected chi connectivity index (χ4v) is 3.87. The molecule has 28 heavy (non-hydrogen) atoms. The Hall–Kier alpha value is -3.00. The largest absolute Gasteiger partial charge is 0.385 e. The summed E-state index contributed by atoms with van der Waals surface area (Å²) in [4.78, 5) is 33.4. The molecule has 1 saturated heterocycles. The molecule has 2 N–H and O–H groups in total. The van der Waals surface area contributed by atoms with Crippen molar-refractivity contribution in [2.24, 2.45) is 13.0 Å². The molecule has 7 nitrogen and oxygen atoms in total. The summed E-state index contributed by atoms with van der Waals surface area (Å²) in [5, 5.41) is 11.1. The molecule has 4 rings (SSSR count). The van der Waals surface area contributed by atoms with Crippen LogP contribution in [0.25, 0.3) is 10.9 Å². The number of piperidine rings is 1. The topological polar surface area (TPSA) is 91.2 Å². The molecule has 1 fully saturated rings. The van der Waals surface area contributed by atoms with Gasteiger partial charge in [0.1, 0.15) is 17.7 Å². The summed E-state index contributed by atoms with van der Waals surface area (Å²) >= 11 is 0. The first-order chi connectivity index (χ1) is 13.4. The van der Waals surface area contributed by atoms with Crippen molar-refractivity contribution in [3.05, 3.63) is 64.2 Å². The number of hydrogen-bond acceptors (Lipinski definition) is 4. The van der Waals surface area contributed by atoms with E-state index in [1.54, 1.807) is 21.9 Å². The number of pyridine rings is 1. The number of aliphatic hydroxyl groups excluding tert-OH is 1. The van der Waals surface area contributed by atoms with Gasteiger partial charge in [0.2, 0.25) is 5.56 Å². The number of fused-ring (bicyclic) bond motifs is 1. The summed E-state index contributed by atoms with van der Waals surface area (Å²) in [6.45, 7) is 0.945. The number of halogens is 1. The maximum atomic E-state index is 13.5. The van der Waals surface area contributed by atoms with Crippen LogP contribution in [0.15, 0.2) is 41.5 Å². The zero-order valence-electron chi connectivity index (χ0n) is 15.4. The molecule has 1 amide bonds. The summed E-state index contributed by atoms with van der Waals surface area (Å²) in [5.74, 6) is -0.105. The molecular weight excluding hydrogens is 363 g/mol. The molecule has 1 aliphatic heterocycles. The summed E-state index contributed by atoms with van der Waals surface area (Å²) in [6, 6.07) is 5.25. The van der Waals surface area contributed by atoms with Crippen molar-refractivity contribution in [2.75, 3.05) is 13.1 Å². The van der Waals surface area contributed by atoms with E-state index < -0.39 is 17.5 Å². The highest BCUT2D eigenvalue weighted by Gasteiger charge is 2.31. The van der Waals surface area contributed by atoms with E-state index in [2.05, 4.69) is 9.97 Å². The Bertz CT molecular complexity index is 1080. The number of hydrogen-bond donors (Lipinski definition) is 2. The van der Waals surface area contributed by atoms with E-state index in [1.165, 1.54) is 24.3 Å². The zero-order chi connectivity index (χ0) is 19.8. The van der Waals surface area contributed by atoms with Gasteiger partial charge < -0.3 is 19.6 Å². The number of amides is 1. The Labute approximate surface area is 160 Å². The normalized spacial score (nSPS) is 16.5. The molecule has 0 aliphatic carbocycles. The van der Waals surface area contributed by atoms with Gasteiger partial charge in [-0.2, -0.15) is 0 Å². The van der Waals surface area contributed by atoms with Gasteiger partial charge in [-0.1, -0.05) is 0 Å². The molecule has 0 saturated carbocycles. The van der Waals surface area contributed by atoms with Crippen molar-refractivity contribution < 1.29 is 14.3 Å². The van der Waals surface area contributed by atoms with Crippen LogP contribution in [0.3, 0.4) is 0 Å². The number of rotatable bonds is 3. The number of carbonyl (C=O) groups is 1. The quantitative estimate of drug-likeness (QED) is 0.722. The van der Waals surface area contributed by atoms with E-state index in [-0.39, 0.29) is 17.4 Å². The average Bonchev–Trinajstić information content (AvgIpc) is 3.12. The predicted octanol–water partition coefficient (Wildman–Crippen LogP) is 1.99. The predicted molar refractivity (Wildman–Crippen MR) is 101 cm³/mol. The molecule has 8 heteroatoms. The SMILES string of the molecule is Cn1ccnc1[C@H](O)C1CCN(C(=O)c2cc(=O)[nH]c3cc(F)ccc23)CC1. The maximum Gasteiger partial charge on any atom is 0.254 e. The minimum Gasteiger partial charge on any atom is -0.385 e. The number of aryl methyl sites for hydroxylation is 1. The lowest BCUT2D eigenvalue weighted by Crippen LogP contribution is -2.40. The van der Waals surface area contributed by atoms with E-state index in [0.29, 0.717) is 42.7 Å². The molecule has 0 spiro atoms. The van der Waals surface area contributed by atoms with Gasteiger partial charge in [0.15, 0.2) is 0 Å². The van der Waals surface area contributed by atoms with Crippen molar-refractivity contribution >= 4 is 16.8 Å². The van der Waals surface area contributed by atoms with E-state index in [0.717, 1.165) is 0 Å². The number of carbonyl (C=O) groups excluding carboxylic acids is 1. The lowest BCUT2D eigenvalue weighted by Gasteiger charge is -2.34. The molecule has 2 aromatic heterocycles. The van der Waals surface area contributed by atoms with Crippen LogP contribution in [0.4, 0.5) is 4.39 Å². The third-order valence-corrected chi connectivity index (χ3v) is 5.43. The Kier molecular flexibility index (Phi) is 4.72. The minimum atomic E-state index is -0.680. The molecule has 0 bridgehead atoms. The lowest BCUT2D eigenvalue weighted by atomic mass is 9.90. The average molecular weight is 384 g/mol. The summed E-state index contributed by atoms with van der Waals surface area (Å²) in [7, 11) is 1.84. The van der Waals surface area contributed by atoms with E-state index in [4.69, 9.17) is 0 Å². The lowest BCUT2D eigenvalue weighted by molar-refractivity contribution is 0.0421. The Balaban J connectivity index is 1.53. The number of H-pyrrole nitrogens is 1. The molecule has 1 aliphatic rings. The fourth-order valence-electron chi connectivity index (χ4n) is 3.87. The smallest absolute Gasteiger partial charge is 0.254 e. The second-order valence-corrected chi connectivity index (χ2v) is 7.21. The van der Waals surface area contributed by atoms with Crippen LogP contribution in [0.1, 0.15) is 35.1 Å². The van der Waals surface area contributed by atoms with Gasteiger partial charge in [0.05, 0.1) is 11.1 Å². The molecule has 0 radical (unpaired) electrons. The number of nitrogens with one attached hydrogen (secondary N) is 1. The minimum absolute atomic E-state index is 0.00941. The van der Waals surface area contributed by atoms with E-state index in [9.17, 15) is 19.1 Å². The van der Waals surface area contributed by atoms with E-state index in [1.807, 2.05) is 7.05 Å². The van der Waals surface area contributed by atoms with Crippen LogP contribution in [-0.2, 0) is 7.05 Å². The van der Waals surface area contributed by atoms with E-state index >= 15 is 0 Å². The molecule has 0 unspecified atom stereocenters. The first-order valence-electron chi connectivity index (χ1n) is 9.21. The van der Waals surface area contributed by atoms with Crippen LogP contribution < -0.4 is 5.56 Å². The van der Waals surface area contributed by atoms with Crippen molar-refractivity contribution in [2.45, 2.75) is 18.9 Å². The summed E-state index contributed by atoms with van der Waals surface area (Å²) in [6.07, 6.45) is 4.03. The second-order valence-electron chi connectivity index (χ2n) is 7.21. The standard InChI is InChI=1S/C20H21FN4O3/c1-24-9-6-22-19(24)18(27)12-4-7-25(8-5-12)20(28)15-11-17(26)23-16-10-13(21)2-3-14(15)16/h2-3,6,9-12,18,27H,4-5,7-8H2,1H3,(H,23,26)/t18-/m1/s1. The Morgan fingerprint density at radius 2 is 2.07 bits per heavy atom. The molecule has 1 aromatic carbocycles. The first-order valence-corrected chi connectivity index (χ1v) is 9.21. The third-order valence-electron chi connectivity index (χ3n) is 5.43. The van der Waals surface area contributed by atoms with Crippen molar-refractivity contribution in [3.63, 3.8) is 0 Å². The maximum absolute atomic E-state index is 13.5. The Morgan fingerprint density at radius 3 is 2.75 bits per heavy atom. The number of aromatic nitrogens is 3. The van der Waals surface area contributed by atoms with Gasteiger partial charge in [-0.15, -0.1) is 0 Å². The number of aliphatic hydroxyl groups is 1. The highest BCUT2D eigenvalue weighted by atomic mass is 19.1. The molecular formula is C20H21FN4O3. The molecule has 3 aromatic rings. The van der Waals surface area contributed by atoms with Gasteiger partial charge in [0.25, 0.3) is 5.91 Å². The van der Waals surface area contributed by atoms with Gasteiger partial charge in [-0.25, -0.2) is 9.37 Å². The van der Waals surface area contributed by atoms with Gasteiger partial charge >= 0.3 is 0 Å². The van der Waals surface area contributed by atoms with Gasteiger partial charge in [0, 0.05) is 44.0 Å². The third kappa shape index (κ3) is 3.31. The van der Waals surface area contributed by atoms with Crippen LogP contribution in [0.2, 0.25) is 0 Å². The van der Waals surface area contributed by atoms with Crippen LogP contribution >= 0.6 is 0 Å². The van der Waals surface area contributed by atoms with Crippen molar-refractivity contribution in [1.82, 2.24) is 19.4 Å². The molecule has 3 heterocycles. The van der Waals surface area contributed by atoms with Gasteiger partial charge in [-0.3, -0.25) is 9.59 Å². The second kappa shape index (κ2) is 7.20. The number of likely N-dealkylation sites (tertiary alicyclic amines) is 1. The highest BCUT2D eigenvalue weighted by molar-refractivity contribution is 6.06. The number of imidazole rings is 1. The first kappa shape index (κ1) is 18.4. The fraction of sp³-hybridized carbons (Fsp3) is 0.350. The number of benzene rings is 1. The van der Waals surface area contributed by atoms with Crippen LogP contribution in [0, 0.1) is 11.7 Å². The number of aromatic amines is 1. The summed E-state index contributed by atoms with van der Waals surface area (Å²) in [5.41, 5.74) is 0.124. The van der Waals surface area contributed by atoms with Crippen LogP contribution in [0.5, 0.6) is 0 Å². The highest BCUT2D eigenvalue weighted by Crippen LogP contribution is 2.30. The number of nitrogens with zero attached hydrogens (tertiary/aromatic N) is 3. The molecule has 146 valence electrons. The van der Waals surface area contributed by atoms with Crippen LogP contribution in [-0.4, -0.2) is 43.5 Å². The zero-order valence-corrected chi connectivity index (χ0v) is 15.4. The van der Waals surface area contributed by atoms with Crippen molar-refractivity contribution in [3.8, 4) is 0 Å². The summed E-state index contributed by atoms with van der Waals surface area (Å²) < 4.78 is 15.3.